The van der Waals surface area contributed by atoms with Gasteiger partial charge in [-0.3, -0.25) is 4.98 Å². The number of pyridine rings is 1. The van der Waals surface area contributed by atoms with Crippen LogP contribution >= 0.6 is 0 Å². The molecule has 21 heavy (non-hydrogen) atoms. The molecule has 1 saturated heterocycles. The number of aliphatic hydroxyl groups is 1. The maximum absolute atomic E-state index is 10.2. The molecule has 0 amide bonds. The number of benzene rings is 1. The van der Waals surface area contributed by atoms with Crippen molar-refractivity contribution in [2.24, 2.45) is 0 Å². The van der Waals surface area contributed by atoms with E-state index in [1.165, 1.54) is 0 Å². The number of β-amino-alcohol motifs (C(OH)–C–C–N with tert-alkyl or cyclic N) is 1. The van der Waals surface area contributed by atoms with E-state index < -0.39 is 5.60 Å². The molecule has 0 bridgehead atoms. The van der Waals surface area contributed by atoms with E-state index in [0.29, 0.717) is 26.2 Å². The minimum Gasteiger partial charge on any atom is -0.490 e. The van der Waals surface area contributed by atoms with Crippen LogP contribution in [0.3, 0.4) is 0 Å². The number of rotatable bonds is 6. The molecule has 1 aliphatic heterocycles. The molecular formula is C16H21N3O2. The van der Waals surface area contributed by atoms with Crippen molar-refractivity contribution in [1.29, 1.82) is 0 Å². The lowest BCUT2D eigenvalue weighted by Gasteiger charge is -2.21. The summed E-state index contributed by atoms with van der Waals surface area (Å²) in [5, 5.41) is 17.7. The van der Waals surface area contributed by atoms with Crippen LogP contribution in [0.2, 0.25) is 0 Å². The molecule has 112 valence electrons. The summed E-state index contributed by atoms with van der Waals surface area (Å²) in [6.45, 7) is 3.40. The normalized spacial score (nSPS) is 21.8. The van der Waals surface area contributed by atoms with Gasteiger partial charge in [-0.1, -0.05) is 18.2 Å². The molecular weight excluding hydrogens is 266 g/mol. The van der Waals surface area contributed by atoms with Crippen LogP contribution in [0, 0.1) is 0 Å². The molecule has 0 saturated carbocycles. The zero-order valence-electron chi connectivity index (χ0n) is 12.0. The van der Waals surface area contributed by atoms with Crippen LogP contribution in [0.1, 0.15) is 6.42 Å². The van der Waals surface area contributed by atoms with Gasteiger partial charge in [-0.25, -0.2) is 0 Å². The molecule has 2 heterocycles. The highest BCUT2D eigenvalue weighted by Crippen LogP contribution is 2.22. The summed E-state index contributed by atoms with van der Waals surface area (Å²) in [5.74, 6) is 0.802. The van der Waals surface area contributed by atoms with Crippen LogP contribution in [-0.4, -0.2) is 48.5 Å². The van der Waals surface area contributed by atoms with E-state index in [2.05, 4.69) is 15.6 Å². The average Bonchev–Trinajstić information content (AvgIpc) is 2.94. The lowest BCUT2D eigenvalue weighted by Crippen LogP contribution is -2.43. The van der Waals surface area contributed by atoms with Gasteiger partial charge in [0.1, 0.15) is 17.9 Å². The molecule has 5 heteroatoms. The van der Waals surface area contributed by atoms with Gasteiger partial charge in [0.15, 0.2) is 0 Å². The molecule has 3 N–H and O–H groups in total. The molecule has 1 aromatic heterocycles. The number of fused-ring (bicyclic) bond motifs is 1. The number of para-hydroxylation sites is 1. The van der Waals surface area contributed by atoms with Crippen LogP contribution < -0.4 is 15.4 Å². The number of aromatic nitrogens is 1. The van der Waals surface area contributed by atoms with Crippen molar-refractivity contribution in [2.75, 3.05) is 32.8 Å². The Kier molecular flexibility index (Phi) is 4.34. The minimum atomic E-state index is -0.610. The van der Waals surface area contributed by atoms with Crippen LogP contribution in [0.5, 0.6) is 5.75 Å². The second kappa shape index (κ2) is 6.39. The molecule has 3 rings (SSSR count). The van der Waals surface area contributed by atoms with E-state index in [1.54, 1.807) is 6.20 Å². The lowest BCUT2D eigenvalue weighted by atomic mass is 10.0. The van der Waals surface area contributed by atoms with E-state index in [4.69, 9.17) is 4.74 Å². The van der Waals surface area contributed by atoms with E-state index in [0.717, 1.165) is 29.6 Å². The third kappa shape index (κ3) is 3.50. The van der Waals surface area contributed by atoms with Crippen molar-refractivity contribution in [1.82, 2.24) is 15.6 Å². The van der Waals surface area contributed by atoms with Gasteiger partial charge in [0, 0.05) is 31.2 Å². The Hall–Kier alpha value is -1.69. The van der Waals surface area contributed by atoms with Gasteiger partial charge in [0.2, 0.25) is 0 Å². The van der Waals surface area contributed by atoms with Crippen molar-refractivity contribution in [3.8, 4) is 5.75 Å². The largest absolute Gasteiger partial charge is 0.490 e. The summed E-state index contributed by atoms with van der Waals surface area (Å²) in [6, 6.07) is 9.87. The van der Waals surface area contributed by atoms with Crippen LogP contribution in [-0.2, 0) is 0 Å². The van der Waals surface area contributed by atoms with Crippen LogP contribution in [0.25, 0.3) is 10.9 Å². The predicted molar refractivity (Wildman–Crippen MR) is 82.5 cm³/mol. The summed E-state index contributed by atoms with van der Waals surface area (Å²) in [6.07, 6.45) is 2.57. The average molecular weight is 287 g/mol. The van der Waals surface area contributed by atoms with Gasteiger partial charge in [0.25, 0.3) is 0 Å². The molecule has 0 unspecified atom stereocenters. The van der Waals surface area contributed by atoms with Crippen molar-refractivity contribution in [3.05, 3.63) is 36.5 Å². The van der Waals surface area contributed by atoms with E-state index in [9.17, 15) is 5.11 Å². The first-order chi connectivity index (χ1) is 10.3. The fourth-order valence-corrected chi connectivity index (χ4v) is 2.63. The summed E-state index contributed by atoms with van der Waals surface area (Å²) in [4.78, 5) is 4.36. The molecule has 2 aromatic rings. The topological polar surface area (TPSA) is 66.4 Å². The number of nitrogens with one attached hydrogen (secondary N) is 2. The Morgan fingerprint density at radius 3 is 3.10 bits per heavy atom. The Bertz CT molecular complexity index is 592. The standard InChI is InChI=1S/C16H21N3O2/c20-16(6-8-17-11-16)12-18-9-10-21-14-5-1-3-13-4-2-7-19-15(13)14/h1-5,7,17-18,20H,6,8-12H2/t16-/m1/s1. The molecule has 1 fully saturated rings. The number of ether oxygens (including phenoxy) is 1. The van der Waals surface area contributed by atoms with E-state index in [1.807, 2.05) is 30.3 Å². The summed E-state index contributed by atoms with van der Waals surface area (Å²) in [5.41, 5.74) is 0.277. The van der Waals surface area contributed by atoms with Crippen LogP contribution in [0.4, 0.5) is 0 Å². The third-order valence-corrected chi connectivity index (χ3v) is 3.81. The van der Waals surface area contributed by atoms with Gasteiger partial charge < -0.3 is 20.5 Å². The highest BCUT2D eigenvalue weighted by Gasteiger charge is 2.30. The van der Waals surface area contributed by atoms with Crippen LogP contribution in [0.15, 0.2) is 36.5 Å². The minimum absolute atomic E-state index is 0.555. The van der Waals surface area contributed by atoms with E-state index >= 15 is 0 Å². The van der Waals surface area contributed by atoms with Crippen molar-refractivity contribution in [2.45, 2.75) is 12.0 Å². The first-order valence-corrected chi connectivity index (χ1v) is 7.37. The number of nitrogens with zero attached hydrogens (tertiary/aromatic N) is 1. The Balaban J connectivity index is 1.48. The Morgan fingerprint density at radius 1 is 1.33 bits per heavy atom. The molecule has 1 atom stereocenters. The van der Waals surface area contributed by atoms with E-state index in [-0.39, 0.29) is 0 Å². The lowest BCUT2D eigenvalue weighted by molar-refractivity contribution is 0.0604. The summed E-state index contributed by atoms with van der Waals surface area (Å²) >= 11 is 0. The monoisotopic (exact) mass is 287 g/mol. The zero-order chi connectivity index (χ0) is 14.5. The van der Waals surface area contributed by atoms with Gasteiger partial charge in [-0.2, -0.15) is 0 Å². The zero-order valence-corrected chi connectivity index (χ0v) is 12.0. The second-order valence-electron chi connectivity index (χ2n) is 5.51. The highest BCUT2D eigenvalue weighted by atomic mass is 16.5. The summed E-state index contributed by atoms with van der Waals surface area (Å²) < 4.78 is 5.79. The fraction of sp³-hybridized carbons (Fsp3) is 0.438. The van der Waals surface area contributed by atoms with Crippen molar-refractivity contribution >= 4 is 10.9 Å². The maximum Gasteiger partial charge on any atom is 0.145 e. The van der Waals surface area contributed by atoms with Gasteiger partial charge in [0.05, 0.1) is 5.60 Å². The van der Waals surface area contributed by atoms with Gasteiger partial charge in [-0.15, -0.1) is 0 Å². The third-order valence-electron chi connectivity index (χ3n) is 3.81. The van der Waals surface area contributed by atoms with Gasteiger partial charge in [-0.05, 0) is 25.1 Å². The molecule has 0 aliphatic carbocycles. The molecule has 0 radical (unpaired) electrons. The number of hydrogen-bond acceptors (Lipinski definition) is 5. The van der Waals surface area contributed by atoms with Crippen molar-refractivity contribution in [3.63, 3.8) is 0 Å². The SMILES string of the molecule is O[C@]1(CNCCOc2cccc3cccnc23)CCNC1. The molecule has 5 nitrogen and oxygen atoms in total. The Morgan fingerprint density at radius 2 is 2.24 bits per heavy atom. The first-order valence-electron chi connectivity index (χ1n) is 7.37. The smallest absolute Gasteiger partial charge is 0.145 e. The van der Waals surface area contributed by atoms with Crippen molar-refractivity contribution < 1.29 is 9.84 Å². The predicted octanol–water partition coefficient (Wildman–Crippen LogP) is 0.928. The number of hydrogen-bond donors (Lipinski definition) is 3. The molecule has 1 aliphatic rings. The Labute approximate surface area is 124 Å². The molecule has 1 aromatic carbocycles. The van der Waals surface area contributed by atoms with Gasteiger partial charge >= 0.3 is 0 Å². The highest BCUT2D eigenvalue weighted by molar-refractivity contribution is 5.84. The molecule has 0 spiro atoms. The second-order valence-corrected chi connectivity index (χ2v) is 5.51. The quantitative estimate of drug-likeness (QED) is 0.690. The first kappa shape index (κ1) is 14.3. The summed E-state index contributed by atoms with van der Waals surface area (Å²) in [7, 11) is 0. The fourth-order valence-electron chi connectivity index (χ4n) is 2.63. The maximum atomic E-state index is 10.2.